The van der Waals surface area contributed by atoms with Crippen molar-refractivity contribution >= 4 is 12.0 Å². The van der Waals surface area contributed by atoms with Gasteiger partial charge < -0.3 is 10.1 Å². The summed E-state index contributed by atoms with van der Waals surface area (Å²) in [5, 5.41) is 9.61. The van der Waals surface area contributed by atoms with Crippen LogP contribution in [0, 0.1) is 0 Å². The quantitative estimate of drug-likeness (QED) is 0.579. The number of hydrogen-bond donors (Lipinski definition) is 2. The standard InChI is InChI=1S/C25H26N4O2/c30-25(21-15-27-28-16-21)29-22-9-4-17(5-10-22)12-18-2-1-3-23(13-18)31-24-11-8-20(14-26-24)19-6-7-19/h1-3,8,11-16,19,22H,4-7,9-10H2,(H,27,28)(H,29,30). The second-order valence-corrected chi connectivity index (χ2v) is 8.42. The van der Waals surface area contributed by atoms with Crippen molar-refractivity contribution in [3.8, 4) is 11.6 Å². The molecule has 0 aliphatic heterocycles. The molecule has 31 heavy (non-hydrogen) atoms. The molecule has 0 saturated heterocycles. The Morgan fingerprint density at radius 2 is 1.97 bits per heavy atom. The van der Waals surface area contributed by atoms with Crippen LogP contribution >= 0.6 is 0 Å². The zero-order chi connectivity index (χ0) is 21.0. The Kier molecular flexibility index (Phi) is 5.52. The SMILES string of the molecule is O=C(NC1CCC(=Cc2cccc(Oc3ccc(C4CC4)cn3)c2)CC1)c1cn[nH]c1. The van der Waals surface area contributed by atoms with Crippen molar-refractivity contribution in [3.63, 3.8) is 0 Å². The minimum absolute atomic E-state index is 0.0604. The highest BCUT2D eigenvalue weighted by Gasteiger charge is 2.23. The molecule has 0 spiro atoms. The fourth-order valence-electron chi connectivity index (χ4n) is 4.06. The van der Waals surface area contributed by atoms with Gasteiger partial charge in [-0.25, -0.2) is 4.98 Å². The molecule has 6 heteroatoms. The van der Waals surface area contributed by atoms with Crippen molar-refractivity contribution in [2.45, 2.75) is 50.5 Å². The van der Waals surface area contributed by atoms with Crippen molar-refractivity contribution in [2.24, 2.45) is 0 Å². The number of rotatable bonds is 6. The lowest BCUT2D eigenvalue weighted by Crippen LogP contribution is -2.36. The van der Waals surface area contributed by atoms with E-state index in [0.29, 0.717) is 17.4 Å². The van der Waals surface area contributed by atoms with Crippen LogP contribution in [0.15, 0.2) is 60.6 Å². The third-order valence-corrected chi connectivity index (χ3v) is 5.98. The van der Waals surface area contributed by atoms with Crippen LogP contribution in [-0.4, -0.2) is 27.1 Å². The Morgan fingerprint density at radius 1 is 1.10 bits per heavy atom. The Bertz CT molecular complexity index is 1060. The van der Waals surface area contributed by atoms with E-state index in [1.807, 2.05) is 24.4 Å². The topological polar surface area (TPSA) is 79.9 Å². The van der Waals surface area contributed by atoms with Crippen LogP contribution in [0.1, 0.15) is 65.9 Å². The zero-order valence-electron chi connectivity index (χ0n) is 17.4. The van der Waals surface area contributed by atoms with Gasteiger partial charge in [0, 0.05) is 24.5 Å². The van der Waals surface area contributed by atoms with Crippen molar-refractivity contribution < 1.29 is 9.53 Å². The number of benzene rings is 1. The zero-order valence-corrected chi connectivity index (χ0v) is 17.4. The molecule has 0 radical (unpaired) electrons. The van der Waals surface area contributed by atoms with E-state index in [0.717, 1.165) is 37.0 Å². The Balaban J connectivity index is 1.17. The first-order valence-corrected chi connectivity index (χ1v) is 11.0. The van der Waals surface area contributed by atoms with Crippen LogP contribution in [0.4, 0.5) is 0 Å². The molecule has 158 valence electrons. The number of nitrogens with one attached hydrogen (secondary N) is 2. The third kappa shape index (κ3) is 5.02. The number of H-pyrrole nitrogens is 1. The minimum Gasteiger partial charge on any atom is -0.439 e. The lowest BCUT2D eigenvalue weighted by Gasteiger charge is -2.24. The largest absolute Gasteiger partial charge is 0.439 e. The number of aromatic nitrogens is 3. The van der Waals surface area contributed by atoms with E-state index in [-0.39, 0.29) is 11.9 Å². The Labute approximate surface area is 181 Å². The summed E-state index contributed by atoms with van der Waals surface area (Å²) in [6.45, 7) is 0. The van der Waals surface area contributed by atoms with Crippen LogP contribution in [0.3, 0.4) is 0 Å². The predicted molar refractivity (Wildman–Crippen MR) is 119 cm³/mol. The molecule has 2 aliphatic carbocycles. The fraction of sp³-hybridized carbons (Fsp3) is 0.320. The molecule has 5 rings (SSSR count). The first kappa shape index (κ1) is 19.5. The summed E-state index contributed by atoms with van der Waals surface area (Å²) in [6.07, 6.45) is 13.7. The number of nitrogens with zero attached hydrogens (tertiary/aromatic N) is 2. The summed E-state index contributed by atoms with van der Waals surface area (Å²) in [5.41, 5.74) is 4.41. The number of aromatic amines is 1. The molecule has 2 N–H and O–H groups in total. The van der Waals surface area contributed by atoms with Gasteiger partial charge in [0.15, 0.2) is 0 Å². The van der Waals surface area contributed by atoms with Gasteiger partial charge in [-0.1, -0.05) is 29.8 Å². The Morgan fingerprint density at radius 3 is 2.68 bits per heavy atom. The number of ether oxygens (including phenoxy) is 1. The summed E-state index contributed by atoms with van der Waals surface area (Å²) in [5.74, 6) is 2.06. The molecule has 2 aromatic heterocycles. The molecule has 2 aliphatic rings. The average molecular weight is 415 g/mol. The molecule has 0 atom stereocenters. The van der Waals surface area contributed by atoms with Crippen LogP contribution in [0.25, 0.3) is 6.08 Å². The molecule has 1 aromatic carbocycles. The van der Waals surface area contributed by atoms with Crippen LogP contribution < -0.4 is 10.1 Å². The van der Waals surface area contributed by atoms with Crippen LogP contribution in [0.2, 0.25) is 0 Å². The second kappa shape index (κ2) is 8.76. The maximum absolute atomic E-state index is 12.2. The molecule has 1 amide bonds. The molecule has 0 unspecified atom stereocenters. The molecule has 0 bridgehead atoms. The minimum atomic E-state index is -0.0604. The van der Waals surface area contributed by atoms with Gasteiger partial charge in [0.2, 0.25) is 5.88 Å². The van der Waals surface area contributed by atoms with Gasteiger partial charge in [-0.05, 0) is 67.7 Å². The second-order valence-electron chi connectivity index (χ2n) is 8.42. The van der Waals surface area contributed by atoms with Gasteiger partial charge in [-0.15, -0.1) is 0 Å². The maximum atomic E-state index is 12.2. The van der Waals surface area contributed by atoms with E-state index in [1.54, 1.807) is 12.4 Å². The van der Waals surface area contributed by atoms with E-state index in [9.17, 15) is 4.79 Å². The lowest BCUT2D eigenvalue weighted by molar-refractivity contribution is 0.0930. The fourth-order valence-corrected chi connectivity index (χ4v) is 4.06. The van der Waals surface area contributed by atoms with Crippen LogP contribution in [-0.2, 0) is 0 Å². The van der Waals surface area contributed by atoms with Gasteiger partial charge >= 0.3 is 0 Å². The van der Waals surface area contributed by atoms with Crippen molar-refractivity contribution in [3.05, 3.63) is 77.3 Å². The van der Waals surface area contributed by atoms with E-state index in [4.69, 9.17) is 4.74 Å². The van der Waals surface area contributed by atoms with Gasteiger partial charge in [0.1, 0.15) is 5.75 Å². The molecular weight excluding hydrogens is 388 g/mol. The molecular formula is C25H26N4O2. The van der Waals surface area contributed by atoms with Crippen molar-refractivity contribution in [1.29, 1.82) is 0 Å². The summed E-state index contributed by atoms with van der Waals surface area (Å²) in [7, 11) is 0. The van der Waals surface area contributed by atoms with Crippen molar-refractivity contribution in [1.82, 2.24) is 20.5 Å². The Hall–Kier alpha value is -3.41. The summed E-state index contributed by atoms with van der Waals surface area (Å²) in [6, 6.07) is 12.4. The van der Waals surface area contributed by atoms with Gasteiger partial charge in [0.25, 0.3) is 5.91 Å². The van der Waals surface area contributed by atoms with Crippen LogP contribution in [0.5, 0.6) is 11.6 Å². The monoisotopic (exact) mass is 414 g/mol. The summed E-state index contributed by atoms with van der Waals surface area (Å²) >= 11 is 0. The highest BCUT2D eigenvalue weighted by atomic mass is 16.5. The predicted octanol–water partition coefficient (Wildman–Crippen LogP) is 5.23. The molecule has 2 heterocycles. The number of carbonyl (C=O) groups is 1. The van der Waals surface area contributed by atoms with E-state index in [1.165, 1.54) is 24.0 Å². The molecule has 2 saturated carbocycles. The number of carbonyl (C=O) groups excluding carboxylic acids is 1. The molecule has 2 fully saturated rings. The number of hydrogen-bond acceptors (Lipinski definition) is 4. The first-order valence-electron chi connectivity index (χ1n) is 11.0. The number of pyridine rings is 1. The smallest absolute Gasteiger partial charge is 0.254 e. The van der Waals surface area contributed by atoms with E-state index < -0.39 is 0 Å². The maximum Gasteiger partial charge on any atom is 0.254 e. The van der Waals surface area contributed by atoms with Crippen molar-refractivity contribution in [2.75, 3.05) is 0 Å². The van der Waals surface area contributed by atoms with Gasteiger partial charge in [0.05, 0.1) is 11.8 Å². The molecule has 6 nitrogen and oxygen atoms in total. The first-order chi connectivity index (χ1) is 15.2. The lowest BCUT2D eigenvalue weighted by atomic mass is 9.89. The number of amides is 1. The molecule has 3 aromatic rings. The summed E-state index contributed by atoms with van der Waals surface area (Å²) < 4.78 is 5.96. The summed E-state index contributed by atoms with van der Waals surface area (Å²) in [4.78, 5) is 16.6. The highest BCUT2D eigenvalue weighted by Crippen LogP contribution is 2.40. The highest BCUT2D eigenvalue weighted by molar-refractivity contribution is 5.93. The normalized spacial score (nSPS) is 18.5. The van der Waals surface area contributed by atoms with Gasteiger partial charge in [-0.2, -0.15) is 5.10 Å². The van der Waals surface area contributed by atoms with E-state index in [2.05, 4.69) is 44.8 Å². The van der Waals surface area contributed by atoms with Gasteiger partial charge in [-0.3, -0.25) is 9.89 Å². The third-order valence-electron chi connectivity index (χ3n) is 5.98. The average Bonchev–Trinajstić information content (AvgIpc) is 3.49. The number of allylic oxidation sites excluding steroid dienone is 1. The van der Waals surface area contributed by atoms with E-state index >= 15 is 0 Å².